The van der Waals surface area contributed by atoms with Crippen LogP contribution in [0.15, 0.2) is 35.4 Å². The summed E-state index contributed by atoms with van der Waals surface area (Å²) in [5, 5.41) is 14.0. The Bertz CT molecular complexity index is 1270. The van der Waals surface area contributed by atoms with Crippen LogP contribution in [0.4, 0.5) is 10.5 Å². The molecule has 2 aliphatic rings. The number of benzene rings is 1. The molecule has 0 N–H and O–H groups in total. The van der Waals surface area contributed by atoms with Crippen LogP contribution in [0, 0.1) is 10.1 Å². The number of amides is 3. The molecule has 14 heteroatoms. The Morgan fingerprint density at radius 3 is 2.53 bits per heavy atom. The van der Waals surface area contributed by atoms with Crippen LogP contribution in [0.5, 0.6) is 0 Å². The van der Waals surface area contributed by atoms with Crippen LogP contribution in [0.2, 0.25) is 0 Å². The van der Waals surface area contributed by atoms with Crippen LogP contribution in [0.25, 0.3) is 6.08 Å². The Morgan fingerprint density at radius 2 is 1.94 bits per heavy atom. The first-order valence-electron chi connectivity index (χ1n) is 9.08. The zero-order valence-electron chi connectivity index (χ0n) is 16.5. The van der Waals surface area contributed by atoms with Crippen molar-refractivity contribution in [3.05, 3.63) is 62.3 Å². The zero-order valence-corrected chi connectivity index (χ0v) is 18.1. The second kappa shape index (κ2) is 7.96. The number of thioether (sulfide) groups is 1. The highest BCUT2D eigenvalue weighted by molar-refractivity contribution is 8.18. The lowest BCUT2D eigenvalue weighted by Crippen LogP contribution is -2.41. The summed E-state index contributed by atoms with van der Waals surface area (Å²) in [5.41, 5.74) is 1.52. The fourth-order valence-corrected chi connectivity index (χ4v) is 4.67. The van der Waals surface area contributed by atoms with Crippen LogP contribution in [0.3, 0.4) is 0 Å². The number of nitrogens with zero attached hydrogens (tertiary/aromatic N) is 5. The second-order valence-corrected chi connectivity index (χ2v) is 9.97. The minimum Gasteiger partial charge on any atom is -0.284 e. The van der Waals surface area contributed by atoms with Gasteiger partial charge in [0.25, 0.3) is 32.8 Å². The van der Waals surface area contributed by atoms with Gasteiger partial charge in [-0.05, 0) is 35.5 Å². The number of non-ortho nitro benzene ring substituents is 1. The molecule has 0 spiro atoms. The monoisotopic (exact) mass is 477 g/mol. The molecule has 1 aromatic carbocycles. The summed E-state index contributed by atoms with van der Waals surface area (Å²) < 4.78 is 24.0. The van der Waals surface area contributed by atoms with Crippen LogP contribution in [-0.4, -0.2) is 62.2 Å². The average Bonchev–Trinajstić information content (AvgIpc) is 3.33. The van der Waals surface area contributed by atoms with Crippen LogP contribution >= 0.6 is 11.8 Å². The maximum Gasteiger partial charge on any atom is 0.300 e. The molecule has 0 saturated carbocycles. The van der Waals surface area contributed by atoms with E-state index in [4.69, 9.17) is 0 Å². The number of carbonyl (C=O) groups is 3. The Labute approximate surface area is 185 Å². The highest BCUT2D eigenvalue weighted by Gasteiger charge is 2.40. The van der Waals surface area contributed by atoms with Gasteiger partial charge in [0, 0.05) is 37.0 Å². The van der Waals surface area contributed by atoms with E-state index in [-0.39, 0.29) is 30.2 Å². The summed E-state index contributed by atoms with van der Waals surface area (Å²) in [7, 11) is -3.51. The number of nitro groups is 1. The number of fused-ring (bicyclic) bond motifs is 1. The first kappa shape index (κ1) is 21.9. The SMILES string of the molecule is CS(=O)(=O)n1cc2c(n1)CN(CC(=O)N1C(=O)S/C(=C\c3ccc([N+](=O)[O-])cc3)C1=O)C2. The van der Waals surface area contributed by atoms with Crippen molar-refractivity contribution in [2.24, 2.45) is 0 Å². The van der Waals surface area contributed by atoms with E-state index in [1.54, 1.807) is 4.90 Å². The summed E-state index contributed by atoms with van der Waals surface area (Å²) >= 11 is 0.610. The van der Waals surface area contributed by atoms with Crippen molar-refractivity contribution in [3.63, 3.8) is 0 Å². The number of rotatable bonds is 5. The maximum absolute atomic E-state index is 12.6. The topological polar surface area (TPSA) is 153 Å². The molecule has 0 atom stereocenters. The minimum absolute atomic E-state index is 0.0337. The molecule has 2 aliphatic heterocycles. The third-order valence-corrected chi connectivity index (χ3v) is 6.50. The molecule has 166 valence electrons. The molecule has 4 rings (SSSR count). The van der Waals surface area contributed by atoms with Crippen molar-refractivity contribution < 1.29 is 27.7 Å². The van der Waals surface area contributed by atoms with Crippen molar-refractivity contribution in [2.45, 2.75) is 13.1 Å². The van der Waals surface area contributed by atoms with Crippen LogP contribution < -0.4 is 0 Å². The van der Waals surface area contributed by atoms with E-state index in [0.29, 0.717) is 33.5 Å². The number of aromatic nitrogens is 2. The molecule has 1 fully saturated rings. The number of hydrogen-bond acceptors (Lipinski definition) is 10. The van der Waals surface area contributed by atoms with Gasteiger partial charge in [-0.3, -0.25) is 29.4 Å². The number of nitro benzene ring substituents is 1. The molecule has 12 nitrogen and oxygen atoms in total. The Hall–Kier alpha value is -3.36. The summed E-state index contributed by atoms with van der Waals surface area (Å²) in [6.45, 7) is 0.238. The molecule has 0 unspecified atom stereocenters. The van der Waals surface area contributed by atoms with Crippen molar-refractivity contribution in [2.75, 3.05) is 12.8 Å². The van der Waals surface area contributed by atoms with Gasteiger partial charge in [0.05, 0.1) is 28.3 Å². The lowest BCUT2D eigenvalue weighted by atomic mass is 10.2. The van der Waals surface area contributed by atoms with Crippen molar-refractivity contribution in [1.29, 1.82) is 0 Å². The minimum atomic E-state index is -3.51. The van der Waals surface area contributed by atoms with Crippen LogP contribution in [-0.2, 0) is 32.7 Å². The fourth-order valence-electron chi connectivity index (χ4n) is 3.26. The van der Waals surface area contributed by atoms with E-state index < -0.39 is 32.0 Å². The van der Waals surface area contributed by atoms with E-state index in [0.717, 1.165) is 10.3 Å². The maximum atomic E-state index is 12.6. The molecule has 1 saturated heterocycles. The zero-order chi connectivity index (χ0) is 23.2. The van der Waals surface area contributed by atoms with E-state index in [1.807, 2.05) is 0 Å². The van der Waals surface area contributed by atoms with E-state index in [9.17, 15) is 32.9 Å². The van der Waals surface area contributed by atoms with E-state index in [2.05, 4.69) is 5.10 Å². The molecule has 32 heavy (non-hydrogen) atoms. The highest BCUT2D eigenvalue weighted by Crippen LogP contribution is 2.33. The van der Waals surface area contributed by atoms with Gasteiger partial charge in [0.1, 0.15) is 0 Å². The smallest absolute Gasteiger partial charge is 0.284 e. The molecule has 3 heterocycles. The quantitative estimate of drug-likeness (QED) is 0.348. The van der Waals surface area contributed by atoms with Gasteiger partial charge < -0.3 is 0 Å². The molecular weight excluding hydrogens is 462 g/mol. The Balaban J connectivity index is 1.43. The third kappa shape index (κ3) is 4.19. The van der Waals surface area contributed by atoms with Crippen LogP contribution in [0.1, 0.15) is 16.8 Å². The van der Waals surface area contributed by atoms with Gasteiger partial charge in [-0.15, -0.1) is 0 Å². The summed E-state index contributed by atoms with van der Waals surface area (Å²) in [4.78, 5) is 50.0. The van der Waals surface area contributed by atoms with Crippen molar-refractivity contribution >= 4 is 50.6 Å². The number of carbonyl (C=O) groups excluding carboxylic acids is 3. The lowest BCUT2D eigenvalue weighted by Gasteiger charge is -2.17. The second-order valence-electron chi connectivity index (χ2n) is 7.14. The lowest BCUT2D eigenvalue weighted by molar-refractivity contribution is -0.384. The summed E-state index contributed by atoms with van der Waals surface area (Å²) in [6, 6.07) is 5.41. The number of hydrogen-bond donors (Lipinski definition) is 0. The summed E-state index contributed by atoms with van der Waals surface area (Å²) in [6.07, 6.45) is 3.80. The van der Waals surface area contributed by atoms with E-state index in [1.165, 1.54) is 36.5 Å². The molecule has 0 bridgehead atoms. The molecule has 2 aromatic rings. The largest absolute Gasteiger partial charge is 0.300 e. The van der Waals surface area contributed by atoms with Crippen molar-refractivity contribution in [1.82, 2.24) is 19.0 Å². The normalized spacial score (nSPS) is 17.9. The first-order valence-corrected chi connectivity index (χ1v) is 11.7. The predicted octanol–water partition coefficient (Wildman–Crippen LogP) is 1.18. The molecule has 0 aliphatic carbocycles. The first-order chi connectivity index (χ1) is 15.0. The molecule has 1 aromatic heterocycles. The van der Waals surface area contributed by atoms with Gasteiger partial charge in [-0.25, -0.2) is 13.3 Å². The summed E-state index contributed by atoms with van der Waals surface area (Å²) in [5.74, 6) is -1.47. The number of imide groups is 3. The van der Waals surface area contributed by atoms with Gasteiger partial charge in [0.15, 0.2) is 0 Å². The standard InChI is InChI=1S/C18H15N5O7S2/c1-32(29,30)21-8-12-7-20(9-14(12)19-21)10-16(24)22-17(25)15(31-18(22)26)6-11-2-4-13(5-3-11)23(27)28/h2-6,8H,7,9-10H2,1H3/b15-6-. The molecular formula is C18H15N5O7S2. The predicted molar refractivity (Wildman–Crippen MR) is 112 cm³/mol. The van der Waals surface area contributed by atoms with Gasteiger partial charge in [-0.1, -0.05) is 0 Å². The third-order valence-electron chi connectivity index (χ3n) is 4.77. The Kier molecular flexibility index (Phi) is 5.44. The molecule has 0 radical (unpaired) electrons. The fraction of sp³-hybridized carbons (Fsp3) is 0.222. The van der Waals surface area contributed by atoms with Gasteiger partial charge in [-0.2, -0.15) is 9.19 Å². The Morgan fingerprint density at radius 1 is 1.25 bits per heavy atom. The van der Waals surface area contributed by atoms with Gasteiger partial charge in [0.2, 0.25) is 0 Å². The highest BCUT2D eigenvalue weighted by atomic mass is 32.2. The van der Waals surface area contributed by atoms with E-state index >= 15 is 0 Å². The average molecular weight is 477 g/mol. The van der Waals surface area contributed by atoms with Gasteiger partial charge >= 0.3 is 0 Å². The van der Waals surface area contributed by atoms with Crippen molar-refractivity contribution in [3.8, 4) is 0 Å². The molecule has 3 amide bonds.